The van der Waals surface area contributed by atoms with Crippen molar-refractivity contribution in [3.05, 3.63) is 0 Å². The quantitative estimate of drug-likeness (QED) is 0.352. The van der Waals surface area contributed by atoms with Crippen LogP contribution in [0.25, 0.3) is 0 Å². The molecule has 4 heteroatoms. The maximum absolute atomic E-state index is 10.6. The van der Waals surface area contributed by atoms with E-state index in [1.165, 1.54) is 0 Å². The van der Waals surface area contributed by atoms with Crippen molar-refractivity contribution < 1.29 is 4.79 Å². The first kappa shape index (κ1) is 8.34. The van der Waals surface area contributed by atoms with Gasteiger partial charge in [-0.15, -0.1) is 0 Å². The Bertz CT molecular complexity index is 134. The van der Waals surface area contributed by atoms with Crippen LogP contribution in [0.4, 0.5) is 4.79 Å². The van der Waals surface area contributed by atoms with E-state index in [2.05, 4.69) is 15.9 Å². The predicted octanol–water partition coefficient (Wildman–Crippen LogP) is 2.20. The Morgan fingerprint density at radius 2 is 2.00 bits per heavy atom. The fourth-order valence-corrected chi connectivity index (χ4v) is 1.60. The summed E-state index contributed by atoms with van der Waals surface area (Å²) in [5, 5.41) is -0.320. The lowest BCUT2D eigenvalue weighted by molar-refractivity contribution is 0.211. The molecule has 0 aromatic carbocycles. The second kappa shape index (κ2) is 3.58. The molecule has 1 rings (SSSR count). The predicted molar refractivity (Wildman–Crippen MR) is 44.8 cm³/mol. The summed E-state index contributed by atoms with van der Waals surface area (Å²) in [6, 6.07) is 0. The number of halogens is 2. The van der Waals surface area contributed by atoms with Gasteiger partial charge in [-0.2, -0.15) is 0 Å². The maximum atomic E-state index is 10.6. The van der Waals surface area contributed by atoms with Gasteiger partial charge in [0.05, 0.1) is 0 Å². The van der Waals surface area contributed by atoms with Crippen molar-refractivity contribution in [2.75, 3.05) is 13.1 Å². The van der Waals surface area contributed by atoms with Crippen LogP contribution >= 0.6 is 27.5 Å². The van der Waals surface area contributed by atoms with Crippen molar-refractivity contribution in [1.82, 2.24) is 4.90 Å². The van der Waals surface area contributed by atoms with Gasteiger partial charge in [0.1, 0.15) is 0 Å². The highest BCUT2D eigenvalue weighted by molar-refractivity contribution is 9.09. The largest absolute Gasteiger partial charge is 0.329 e. The van der Waals surface area contributed by atoms with Crippen LogP contribution in [-0.2, 0) is 0 Å². The second-order valence-electron chi connectivity index (χ2n) is 2.41. The molecule has 0 aliphatic carbocycles. The van der Waals surface area contributed by atoms with E-state index in [9.17, 15) is 4.79 Å². The minimum absolute atomic E-state index is 0.320. The minimum Gasteiger partial charge on any atom is -0.329 e. The number of likely N-dealkylation sites (tertiary alicyclic amines) is 1. The first-order chi connectivity index (χ1) is 4.70. The molecule has 0 radical (unpaired) electrons. The van der Waals surface area contributed by atoms with E-state index in [0.717, 1.165) is 25.9 Å². The number of alkyl halides is 1. The van der Waals surface area contributed by atoms with E-state index < -0.39 is 0 Å². The van der Waals surface area contributed by atoms with E-state index in [1.54, 1.807) is 4.90 Å². The third-order valence-electron chi connectivity index (χ3n) is 1.67. The molecule has 0 N–H and O–H groups in total. The van der Waals surface area contributed by atoms with Gasteiger partial charge in [0, 0.05) is 17.9 Å². The van der Waals surface area contributed by atoms with Crippen LogP contribution in [0.3, 0.4) is 0 Å². The van der Waals surface area contributed by atoms with Crippen LogP contribution < -0.4 is 0 Å². The molecule has 0 spiro atoms. The summed E-state index contributed by atoms with van der Waals surface area (Å²) >= 11 is 8.76. The van der Waals surface area contributed by atoms with Crippen LogP contribution in [0.2, 0.25) is 0 Å². The van der Waals surface area contributed by atoms with Gasteiger partial charge in [0.2, 0.25) is 0 Å². The standard InChI is InChI=1S/C6H9BrClNO/c7-5-1-3-9(4-2-5)6(8)10/h5H,1-4H2. The number of nitrogens with zero attached hydrogens (tertiary/aromatic N) is 1. The zero-order valence-corrected chi connectivity index (χ0v) is 7.86. The number of carbonyl (C=O) groups is 1. The highest BCUT2D eigenvalue weighted by Crippen LogP contribution is 2.17. The minimum atomic E-state index is -0.320. The van der Waals surface area contributed by atoms with Crippen molar-refractivity contribution in [3.63, 3.8) is 0 Å². The highest BCUT2D eigenvalue weighted by atomic mass is 79.9. The van der Waals surface area contributed by atoms with Gasteiger partial charge >= 0.3 is 5.37 Å². The molecule has 58 valence electrons. The van der Waals surface area contributed by atoms with Crippen molar-refractivity contribution >= 4 is 32.9 Å². The molecule has 0 saturated carbocycles. The zero-order valence-electron chi connectivity index (χ0n) is 5.52. The topological polar surface area (TPSA) is 20.3 Å². The molecule has 0 atom stereocenters. The number of piperidine rings is 1. The summed E-state index contributed by atoms with van der Waals surface area (Å²) in [7, 11) is 0. The Balaban J connectivity index is 2.33. The Morgan fingerprint density at radius 1 is 1.50 bits per heavy atom. The molecule has 2 nitrogen and oxygen atoms in total. The summed E-state index contributed by atoms with van der Waals surface area (Å²) in [5.74, 6) is 0. The fraction of sp³-hybridized carbons (Fsp3) is 0.833. The fourth-order valence-electron chi connectivity index (χ4n) is 1.02. The van der Waals surface area contributed by atoms with E-state index in [0.29, 0.717) is 4.83 Å². The molecule has 1 fully saturated rings. The first-order valence-corrected chi connectivity index (χ1v) is 4.58. The summed E-state index contributed by atoms with van der Waals surface area (Å²) in [6.45, 7) is 1.58. The molecule has 0 aromatic rings. The van der Waals surface area contributed by atoms with Gasteiger partial charge in [-0.25, -0.2) is 0 Å². The highest BCUT2D eigenvalue weighted by Gasteiger charge is 2.18. The summed E-state index contributed by atoms with van der Waals surface area (Å²) in [5.41, 5.74) is 0. The number of hydrogen-bond acceptors (Lipinski definition) is 1. The van der Waals surface area contributed by atoms with E-state index in [-0.39, 0.29) is 5.37 Å². The average Bonchev–Trinajstić information content (AvgIpc) is 1.88. The molecule has 1 aliphatic heterocycles. The van der Waals surface area contributed by atoms with Crippen molar-refractivity contribution in [1.29, 1.82) is 0 Å². The van der Waals surface area contributed by atoms with Gasteiger partial charge in [-0.3, -0.25) is 4.79 Å². The third-order valence-corrected chi connectivity index (χ3v) is 2.83. The number of rotatable bonds is 0. The van der Waals surface area contributed by atoms with Crippen molar-refractivity contribution in [3.8, 4) is 0 Å². The third kappa shape index (κ3) is 2.13. The summed E-state index contributed by atoms with van der Waals surface area (Å²) in [4.78, 5) is 12.8. The molecular formula is C6H9BrClNO. The zero-order chi connectivity index (χ0) is 7.56. The van der Waals surface area contributed by atoms with Crippen molar-refractivity contribution in [2.45, 2.75) is 17.7 Å². The van der Waals surface area contributed by atoms with E-state index in [1.807, 2.05) is 0 Å². The average molecular weight is 227 g/mol. The van der Waals surface area contributed by atoms with Crippen molar-refractivity contribution in [2.24, 2.45) is 0 Å². The Labute approximate surface area is 73.7 Å². The molecule has 0 aromatic heterocycles. The van der Waals surface area contributed by atoms with E-state index in [4.69, 9.17) is 11.6 Å². The van der Waals surface area contributed by atoms with Crippen LogP contribution in [0, 0.1) is 0 Å². The second-order valence-corrected chi connectivity index (χ2v) is 4.03. The summed E-state index contributed by atoms with van der Waals surface area (Å²) in [6.07, 6.45) is 2.02. The van der Waals surface area contributed by atoms with Gasteiger partial charge in [0.25, 0.3) is 0 Å². The lowest BCUT2D eigenvalue weighted by atomic mass is 10.1. The SMILES string of the molecule is O=C(Cl)N1CCC(Br)CC1. The molecular weight excluding hydrogens is 217 g/mol. The van der Waals surface area contributed by atoms with Gasteiger partial charge in [0.15, 0.2) is 0 Å². The molecule has 1 saturated heterocycles. The smallest absolute Gasteiger partial charge is 0.316 e. The Kier molecular flexibility index (Phi) is 2.98. The Hall–Kier alpha value is 0.240. The molecule has 1 heterocycles. The lowest BCUT2D eigenvalue weighted by Gasteiger charge is -2.27. The van der Waals surface area contributed by atoms with Gasteiger partial charge in [-0.1, -0.05) is 15.9 Å². The first-order valence-electron chi connectivity index (χ1n) is 3.28. The Morgan fingerprint density at radius 3 is 2.40 bits per heavy atom. The molecule has 0 bridgehead atoms. The number of carbonyl (C=O) groups excluding carboxylic acids is 1. The molecule has 1 aliphatic rings. The molecule has 10 heavy (non-hydrogen) atoms. The lowest BCUT2D eigenvalue weighted by Crippen LogP contribution is -2.35. The van der Waals surface area contributed by atoms with Crippen LogP contribution in [-0.4, -0.2) is 28.2 Å². The van der Waals surface area contributed by atoms with Crippen LogP contribution in [0.1, 0.15) is 12.8 Å². The normalized spacial score (nSPS) is 21.2. The van der Waals surface area contributed by atoms with Gasteiger partial charge in [-0.05, 0) is 24.4 Å². The number of hydrogen-bond donors (Lipinski definition) is 0. The molecule has 0 unspecified atom stereocenters. The summed E-state index contributed by atoms with van der Waals surface area (Å²) < 4.78 is 0. The van der Waals surface area contributed by atoms with E-state index >= 15 is 0 Å². The van der Waals surface area contributed by atoms with Gasteiger partial charge < -0.3 is 4.90 Å². The number of amides is 1. The molecule has 1 amide bonds. The monoisotopic (exact) mass is 225 g/mol. The van der Waals surface area contributed by atoms with Crippen LogP contribution in [0.5, 0.6) is 0 Å². The maximum Gasteiger partial charge on any atom is 0.316 e. The van der Waals surface area contributed by atoms with Crippen LogP contribution in [0.15, 0.2) is 0 Å².